The Morgan fingerprint density at radius 1 is 1.00 bits per heavy atom. The molecule has 0 saturated heterocycles. The van der Waals surface area contributed by atoms with Crippen LogP contribution in [0.5, 0.6) is 0 Å². The van der Waals surface area contributed by atoms with Gasteiger partial charge in [0.1, 0.15) is 0 Å². The van der Waals surface area contributed by atoms with E-state index < -0.39 is 0 Å². The molecule has 72 valence electrons. The summed E-state index contributed by atoms with van der Waals surface area (Å²) >= 11 is 0. The number of hydrogen-bond donors (Lipinski definition) is 0. The highest BCUT2D eigenvalue weighted by Crippen LogP contribution is 2.18. The number of nitrogens with zero attached hydrogens (tertiary/aromatic N) is 1. The zero-order valence-electron chi connectivity index (χ0n) is 9.65. The molecule has 0 aromatic carbocycles. The molecule has 1 nitrogen and oxygen atoms in total. The van der Waals surface area contributed by atoms with Gasteiger partial charge in [-0.1, -0.05) is 41.5 Å². The van der Waals surface area contributed by atoms with Crippen LogP contribution in [0.25, 0.3) is 0 Å². The van der Waals surface area contributed by atoms with Crippen molar-refractivity contribution in [3.8, 4) is 0 Å². The number of hydrogen-bond acceptors (Lipinski definition) is 1. The van der Waals surface area contributed by atoms with Gasteiger partial charge in [-0.15, -0.1) is 0 Å². The van der Waals surface area contributed by atoms with Crippen LogP contribution >= 0.6 is 0 Å². The second-order valence-corrected chi connectivity index (χ2v) is 5.71. The third-order valence-electron chi connectivity index (χ3n) is 1.88. The first-order chi connectivity index (χ1) is 5.13. The predicted molar refractivity (Wildman–Crippen MR) is 56.9 cm³/mol. The highest BCUT2D eigenvalue weighted by atomic mass is 14.8. The van der Waals surface area contributed by atoms with Crippen LogP contribution in [0, 0.1) is 10.8 Å². The summed E-state index contributed by atoms with van der Waals surface area (Å²) in [7, 11) is 0. The fourth-order valence-electron chi connectivity index (χ4n) is 0.593. The lowest BCUT2D eigenvalue weighted by atomic mass is 9.90. The molecule has 0 aliphatic heterocycles. The topological polar surface area (TPSA) is 12.4 Å². The molecule has 0 aromatic rings. The van der Waals surface area contributed by atoms with Gasteiger partial charge in [-0.25, -0.2) is 0 Å². The molecule has 12 heavy (non-hydrogen) atoms. The van der Waals surface area contributed by atoms with Gasteiger partial charge in [-0.2, -0.15) is 0 Å². The van der Waals surface area contributed by atoms with Gasteiger partial charge in [0.25, 0.3) is 0 Å². The summed E-state index contributed by atoms with van der Waals surface area (Å²) in [6.07, 6.45) is 0. The van der Waals surface area contributed by atoms with Crippen LogP contribution in [-0.2, 0) is 0 Å². The SMILES string of the molecule is CC(=NCC(C)(C)C)C(C)(C)C. The van der Waals surface area contributed by atoms with E-state index in [9.17, 15) is 0 Å². The Hall–Kier alpha value is -0.330. The van der Waals surface area contributed by atoms with Crippen LogP contribution in [0.3, 0.4) is 0 Å². The first-order valence-corrected chi connectivity index (χ1v) is 4.64. The summed E-state index contributed by atoms with van der Waals surface area (Å²) in [5.74, 6) is 0. The normalized spacial score (nSPS) is 15.1. The van der Waals surface area contributed by atoms with Gasteiger partial charge >= 0.3 is 0 Å². The lowest BCUT2D eigenvalue weighted by molar-refractivity contribution is 0.426. The summed E-state index contributed by atoms with van der Waals surface area (Å²) in [4.78, 5) is 4.58. The van der Waals surface area contributed by atoms with Gasteiger partial charge in [0, 0.05) is 12.3 Å². The van der Waals surface area contributed by atoms with Crippen molar-refractivity contribution in [2.75, 3.05) is 6.54 Å². The first-order valence-electron chi connectivity index (χ1n) is 4.64. The van der Waals surface area contributed by atoms with Crippen molar-refractivity contribution >= 4 is 5.71 Å². The van der Waals surface area contributed by atoms with E-state index in [1.54, 1.807) is 0 Å². The summed E-state index contributed by atoms with van der Waals surface area (Å²) < 4.78 is 0. The van der Waals surface area contributed by atoms with E-state index in [-0.39, 0.29) is 5.41 Å². The smallest absolute Gasteiger partial charge is 0.0437 e. The van der Waals surface area contributed by atoms with E-state index in [1.807, 2.05) is 0 Å². The molecular weight excluding hydrogens is 146 g/mol. The van der Waals surface area contributed by atoms with Gasteiger partial charge in [0.15, 0.2) is 0 Å². The summed E-state index contributed by atoms with van der Waals surface area (Å²) in [6, 6.07) is 0. The standard InChI is InChI=1S/C11H23N/c1-9(11(5,6)7)12-8-10(2,3)4/h8H2,1-7H3. The molecule has 0 spiro atoms. The molecule has 0 fully saturated rings. The van der Waals surface area contributed by atoms with Gasteiger partial charge in [0.2, 0.25) is 0 Å². The molecule has 0 bridgehead atoms. The number of aliphatic imine (C=N–C) groups is 1. The van der Waals surface area contributed by atoms with Crippen molar-refractivity contribution in [2.24, 2.45) is 15.8 Å². The summed E-state index contributed by atoms with van der Waals surface area (Å²) in [5, 5.41) is 0. The maximum Gasteiger partial charge on any atom is 0.0437 e. The molecule has 0 aliphatic rings. The molecule has 0 N–H and O–H groups in total. The molecule has 0 atom stereocenters. The third kappa shape index (κ3) is 5.34. The van der Waals surface area contributed by atoms with Gasteiger partial charge in [-0.3, -0.25) is 4.99 Å². The van der Waals surface area contributed by atoms with Crippen molar-refractivity contribution < 1.29 is 0 Å². The molecule has 0 unspecified atom stereocenters. The molecule has 0 radical (unpaired) electrons. The predicted octanol–water partition coefficient (Wildman–Crippen LogP) is 3.54. The molecule has 0 saturated carbocycles. The van der Waals surface area contributed by atoms with Crippen molar-refractivity contribution in [1.82, 2.24) is 0 Å². The van der Waals surface area contributed by atoms with Crippen LogP contribution in [0.1, 0.15) is 48.5 Å². The van der Waals surface area contributed by atoms with Crippen LogP contribution in [-0.4, -0.2) is 12.3 Å². The maximum absolute atomic E-state index is 4.58. The monoisotopic (exact) mass is 169 g/mol. The zero-order chi connectivity index (χ0) is 9.99. The largest absolute Gasteiger partial charge is 0.293 e. The maximum atomic E-state index is 4.58. The van der Waals surface area contributed by atoms with Crippen LogP contribution < -0.4 is 0 Å². The Kier molecular flexibility index (Phi) is 3.49. The molecule has 0 aromatic heterocycles. The van der Waals surface area contributed by atoms with E-state index in [2.05, 4.69) is 53.5 Å². The van der Waals surface area contributed by atoms with Crippen molar-refractivity contribution in [3.05, 3.63) is 0 Å². The lowest BCUT2D eigenvalue weighted by Crippen LogP contribution is -2.19. The molecule has 0 heterocycles. The average Bonchev–Trinajstić information content (AvgIpc) is 1.78. The Bertz CT molecular complexity index is 164. The van der Waals surface area contributed by atoms with Crippen LogP contribution in [0.15, 0.2) is 4.99 Å². The Labute approximate surface area is 77.3 Å². The Morgan fingerprint density at radius 2 is 1.42 bits per heavy atom. The summed E-state index contributed by atoms with van der Waals surface area (Å²) in [6.45, 7) is 16.3. The van der Waals surface area contributed by atoms with Crippen LogP contribution in [0.4, 0.5) is 0 Å². The van der Waals surface area contributed by atoms with E-state index in [1.165, 1.54) is 5.71 Å². The van der Waals surface area contributed by atoms with Crippen molar-refractivity contribution in [1.29, 1.82) is 0 Å². The summed E-state index contributed by atoms with van der Waals surface area (Å²) in [5.41, 5.74) is 1.79. The lowest BCUT2D eigenvalue weighted by Gasteiger charge is -2.21. The van der Waals surface area contributed by atoms with E-state index in [4.69, 9.17) is 0 Å². The second-order valence-electron chi connectivity index (χ2n) is 5.71. The van der Waals surface area contributed by atoms with Crippen LogP contribution in [0.2, 0.25) is 0 Å². The average molecular weight is 169 g/mol. The zero-order valence-corrected chi connectivity index (χ0v) is 9.65. The fourth-order valence-corrected chi connectivity index (χ4v) is 0.593. The van der Waals surface area contributed by atoms with Gasteiger partial charge in [-0.05, 0) is 17.8 Å². The molecular formula is C11H23N. The Balaban J connectivity index is 4.21. The van der Waals surface area contributed by atoms with Gasteiger partial charge in [0.05, 0.1) is 0 Å². The number of rotatable bonds is 1. The minimum absolute atomic E-state index is 0.227. The fraction of sp³-hybridized carbons (Fsp3) is 0.909. The first kappa shape index (κ1) is 11.7. The third-order valence-corrected chi connectivity index (χ3v) is 1.88. The minimum Gasteiger partial charge on any atom is -0.293 e. The highest BCUT2D eigenvalue weighted by Gasteiger charge is 2.15. The quantitative estimate of drug-likeness (QED) is 0.532. The second kappa shape index (κ2) is 3.59. The van der Waals surface area contributed by atoms with Crippen molar-refractivity contribution in [2.45, 2.75) is 48.5 Å². The van der Waals surface area contributed by atoms with Gasteiger partial charge < -0.3 is 0 Å². The molecule has 0 amide bonds. The van der Waals surface area contributed by atoms with E-state index in [0.29, 0.717) is 5.41 Å². The van der Waals surface area contributed by atoms with E-state index >= 15 is 0 Å². The van der Waals surface area contributed by atoms with Crippen molar-refractivity contribution in [3.63, 3.8) is 0 Å². The molecule has 0 aliphatic carbocycles. The highest BCUT2D eigenvalue weighted by molar-refractivity contribution is 5.86. The molecule has 0 rings (SSSR count). The van der Waals surface area contributed by atoms with E-state index in [0.717, 1.165) is 6.54 Å². The Morgan fingerprint density at radius 3 is 1.67 bits per heavy atom. The molecule has 1 heteroatoms. The minimum atomic E-state index is 0.227.